The zero-order valence-electron chi connectivity index (χ0n) is 13.0. The number of non-ortho nitro benzene ring substituents is 1. The van der Waals surface area contributed by atoms with Gasteiger partial charge in [-0.15, -0.1) is 0 Å². The number of nitrogens with zero attached hydrogens (tertiary/aromatic N) is 3. The first-order valence-electron chi connectivity index (χ1n) is 7.08. The Bertz CT molecular complexity index is 919. The standard InChI is InChI=1S/C16H14N4O3S/c1-19(2)11-5-3-10(4-6-11)15(21)18-16-17-13-8-7-12(20(22)23)9-14(13)24-16/h3-9H,1-2H3,(H,17,18,21). The van der Waals surface area contributed by atoms with Crippen molar-refractivity contribution in [3.05, 3.63) is 58.1 Å². The molecule has 0 unspecified atom stereocenters. The molecule has 0 bridgehead atoms. The van der Waals surface area contributed by atoms with Gasteiger partial charge in [-0.2, -0.15) is 0 Å². The number of aromatic nitrogens is 1. The van der Waals surface area contributed by atoms with Gasteiger partial charge in [0.25, 0.3) is 11.6 Å². The smallest absolute Gasteiger partial charge is 0.270 e. The number of nitrogens with one attached hydrogen (secondary N) is 1. The Morgan fingerprint density at radius 1 is 1.21 bits per heavy atom. The second-order valence-corrected chi connectivity index (χ2v) is 6.35. The van der Waals surface area contributed by atoms with Crippen molar-refractivity contribution in [1.29, 1.82) is 0 Å². The van der Waals surface area contributed by atoms with Gasteiger partial charge in [0.15, 0.2) is 5.13 Å². The van der Waals surface area contributed by atoms with E-state index in [0.717, 1.165) is 5.69 Å². The number of nitro benzene ring substituents is 1. The van der Waals surface area contributed by atoms with E-state index in [2.05, 4.69) is 10.3 Å². The molecular weight excluding hydrogens is 328 g/mol. The summed E-state index contributed by atoms with van der Waals surface area (Å²) in [5.41, 5.74) is 2.14. The number of hydrogen-bond acceptors (Lipinski definition) is 6. The summed E-state index contributed by atoms with van der Waals surface area (Å²) in [6.45, 7) is 0. The summed E-state index contributed by atoms with van der Waals surface area (Å²) in [5, 5.41) is 13.9. The van der Waals surface area contributed by atoms with Gasteiger partial charge in [-0.05, 0) is 30.3 Å². The van der Waals surface area contributed by atoms with Gasteiger partial charge in [0, 0.05) is 37.5 Å². The maximum Gasteiger partial charge on any atom is 0.270 e. The number of thiazole rings is 1. The summed E-state index contributed by atoms with van der Waals surface area (Å²) in [7, 11) is 3.85. The number of carbonyl (C=O) groups excluding carboxylic acids is 1. The molecule has 0 aliphatic rings. The Morgan fingerprint density at radius 2 is 1.92 bits per heavy atom. The Kier molecular flexibility index (Phi) is 4.13. The van der Waals surface area contributed by atoms with Crippen molar-refractivity contribution in [3.8, 4) is 0 Å². The minimum atomic E-state index is -0.455. The third-order valence-electron chi connectivity index (χ3n) is 3.45. The van der Waals surface area contributed by atoms with Crippen LogP contribution in [0.25, 0.3) is 10.2 Å². The number of nitro groups is 1. The van der Waals surface area contributed by atoms with Gasteiger partial charge in [0.2, 0.25) is 0 Å². The number of carbonyl (C=O) groups is 1. The van der Waals surface area contributed by atoms with Crippen LogP contribution in [0.3, 0.4) is 0 Å². The number of benzene rings is 2. The molecule has 7 nitrogen and oxygen atoms in total. The molecule has 0 atom stereocenters. The molecule has 3 aromatic rings. The van der Waals surface area contributed by atoms with E-state index in [1.54, 1.807) is 18.2 Å². The van der Waals surface area contributed by atoms with Crippen molar-refractivity contribution in [1.82, 2.24) is 4.98 Å². The lowest BCUT2D eigenvalue weighted by atomic mass is 10.2. The first-order chi connectivity index (χ1) is 11.4. The van der Waals surface area contributed by atoms with Gasteiger partial charge in [0.05, 0.1) is 15.1 Å². The van der Waals surface area contributed by atoms with Gasteiger partial charge >= 0.3 is 0 Å². The zero-order chi connectivity index (χ0) is 17.3. The van der Waals surface area contributed by atoms with Gasteiger partial charge in [-0.1, -0.05) is 11.3 Å². The molecule has 0 spiro atoms. The third-order valence-corrected chi connectivity index (χ3v) is 4.38. The van der Waals surface area contributed by atoms with Crippen molar-refractivity contribution in [2.75, 3.05) is 24.3 Å². The molecular formula is C16H14N4O3S. The molecule has 3 rings (SSSR count). The maximum atomic E-state index is 12.3. The summed E-state index contributed by atoms with van der Waals surface area (Å²) in [6.07, 6.45) is 0. The number of fused-ring (bicyclic) bond motifs is 1. The number of anilines is 2. The molecule has 1 aromatic heterocycles. The fourth-order valence-electron chi connectivity index (χ4n) is 2.16. The van der Waals surface area contributed by atoms with Crippen LogP contribution in [0.2, 0.25) is 0 Å². The monoisotopic (exact) mass is 342 g/mol. The molecule has 0 saturated heterocycles. The summed E-state index contributed by atoms with van der Waals surface area (Å²) in [4.78, 5) is 28.9. The predicted molar refractivity (Wildman–Crippen MR) is 95.0 cm³/mol. The summed E-state index contributed by atoms with van der Waals surface area (Å²) < 4.78 is 0.655. The average Bonchev–Trinajstić information content (AvgIpc) is 2.96. The molecule has 2 aromatic carbocycles. The van der Waals surface area contributed by atoms with E-state index in [9.17, 15) is 14.9 Å². The largest absolute Gasteiger partial charge is 0.378 e. The zero-order valence-corrected chi connectivity index (χ0v) is 13.8. The minimum absolute atomic E-state index is 0.00306. The predicted octanol–water partition coefficient (Wildman–Crippen LogP) is 3.52. The molecule has 24 heavy (non-hydrogen) atoms. The van der Waals surface area contributed by atoms with Crippen molar-refractivity contribution in [2.24, 2.45) is 0 Å². The molecule has 1 heterocycles. The van der Waals surface area contributed by atoms with Crippen LogP contribution < -0.4 is 10.2 Å². The van der Waals surface area contributed by atoms with Crippen LogP contribution >= 0.6 is 11.3 Å². The average molecular weight is 342 g/mol. The van der Waals surface area contributed by atoms with E-state index < -0.39 is 4.92 Å². The van der Waals surface area contributed by atoms with Crippen LogP contribution in [0.15, 0.2) is 42.5 Å². The highest BCUT2D eigenvalue weighted by molar-refractivity contribution is 7.22. The van der Waals surface area contributed by atoms with Crippen molar-refractivity contribution < 1.29 is 9.72 Å². The fraction of sp³-hybridized carbons (Fsp3) is 0.125. The van der Waals surface area contributed by atoms with Gasteiger partial charge in [-0.25, -0.2) is 4.98 Å². The van der Waals surface area contributed by atoms with Gasteiger partial charge in [0.1, 0.15) is 0 Å². The van der Waals surface area contributed by atoms with Crippen LogP contribution in [0.5, 0.6) is 0 Å². The molecule has 0 aliphatic carbocycles. The summed E-state index contributed by atoms with van der Waals surface area (Å²) in [6, 6.07) is 11.6. The first kappa shape index (κ1) is 15.9. The number of hydrogen-bond donors (Lipinski definition) is 1. The normalized spacial score (nSPS) is 10.6. The van der Waals surface area contributed by atoms with E-state index in [-0.39, 0.29) is 11.6 Å². The molecule has 0 aliphatic heterocycles. The highest BCUT2D eigenvalue weighted by Crippen LogP contribution is 2.29. The SMILES string of the molecule is CN(C)c1ccc(C(=O)Nc2nc3ccc([N+](=O)[O-])cc3s2)cc1. The maximum absolute atomic E-state index is 12.3. The van der Waals surface area contributed by atoms with Crippen molar-refractivity contribution in [2.45, 2.75) is 0 Å². The molecule has 1 N–H and O–H groups in total. The highest BCUT2D eigenvalue weighted by Gasteiger charge is 2.13. The molecule has 0 saturated carbocycles. The van der Waals surface area contributed by atoms with Crippen LogP contribution in [0.1, 0.15) is 10.4 Å². The summed E-state index contributed by atoms with van der Waals surface area (Å²) >= 11 is 1.20. The molecule has 8 heteroatoms. The first-order valence-corrected chi connectivity index (χ1v) is 7.89. The Balaban J connectivity index is 1.81. The lowest BCUT2D eigenvalue weighted by Gasteiger charge is -2.12. The lowest BCUT2D eigenvalue weighted by molar-refractivity contribution is -0.384. The fourth-order valence-corrected chi connectivity index (χ4v) is 3.05. The van der Waals surface area contributed by atoms with E-state index in [1.807, 2.05) is 31.1 Å². The number of rotatable bonds is 4. The van der Waals surface area contributed by atoms with E-state index in [1.165, 1.54) is 23.5 Å². The van der Waals surface area contributed by atoms with Crippen LogP contribution in [-0.2, 0) is 0 Å². The topological polar surface area (TPSA) is 88.4 Å². The molecule has 0 fully saturated rings. The van der Waals surface area contributed by atoms with Crippen LogP contribution in [0.4, 0.5) is 16.5 Å². The second kappa shape index (κ2) is 6.25. The molecule has 122 valence electrons. The van der Waals surface area contributed by atoms with Crippen molar-refractivity contribution in [3.63, 3.8) is 0 Å². The number of amides is 1. The summed E-state index contributed by atoms with van der Waals surface area (Å²) in [5.74, 6) is -0.270. The lowest BCUT2D eigenvalue weighted by Crippen LogP contribution is -2.13. The molecule has 0 radical (unpaired) electrons. The van der Waals surface area contributed by atoms with Gasteiger partial charge in [-0.3, -0.25) is 20.2 Å². The highest BCUT2D eigenvalue weighted by atomic mass is 32.1. The van der Waals surface area contributed by atoms with Crippen LogP contribution in [-0.4, -0.2) is 29.9 Å². The minimum Gasteiger partial charge on any atom is -0.378 e. The Labute approximate surface area is 141 Å². The third kappa shape index (κ3) is 3.18. The van der Waals surface area contributed by atoms with E-state index in [0.29, 0.717) is 20.9 Å². The Morgan fingerprint density at radius 3 is 2.54 bits per heavy atom. The van der Waals surface area contributed by atoms with Gasteiger partial charge < -0.3 is 4.90 Å². The van der Waals surface area contributed by atoms with Crippen molar-refractivity contribution >= 4 is 44.0 Å². The van der Waals surface area contributed by atoms with E-state index >= 15 is 0 Å². The van der Waals surface area contributed by atoms with E-state index in [4.69, 9.17) is 0 Å². The second-order valence-electron chi connectivity index (χ2n) is 5.32. The quantitative estimate of drug-likeness (QED) is 0.579. The van der Waals surface area contributed by atoms with Crippen LogP contribution in [0, 0.1) is 10.1 Å². The molecule has 1 amide bonds. The Hall–Kier alpha value is -3.00.